The van der Waals surface area contributed by atoms with Gasteiger partial charge in [0, 0.05) is 32.9 Å². The summed E-state index contributed by atoms with van der Waals surface area (Å²) in [5.74, 6) is 0. The van der Waals surface area contributed by atoms with E-state index >= 15 is 0 Å². The number of hydrogen-bond acceptors (Lipinski definition) is 0. The van der Waals surface area contributed by atoms with Crippen molar-refractivity contribution in [1.29, 1.82) is 0 Å². The Morgan fingerprint density at radius 1 is 0.370 bits per heavy atom. The topological polar surface area (TPSA) is 9.86 Å². The highest BCUT2D eigenvalue weighted by molar-refractivity contribution is 6.12. The van der Waals surface area contributed by atoms with Crippen LogP contribution in [0, 0.1) is 0 Å². The highest BCUT2D eigenvalue weighted by Gasteiger charge is 2.17. The molecule has 7 aromatic carbocycles. The van der Waals surface area contributed by atoms with Gasteiger partial charge in [-0.05, 0) is 82.4 Å². The van der Waals surface area contributed by atoms with Crippen LogP contribution in [0.5, 0.6) is 0 Å². The second-order valence-corrected chi connectivity index (χ2v) is 11.8. The standard InChI is InChI=1S/C44H30N2/c1-2-34-35(30-25-27-43-40(28-30)38-19-10-12-23-42(38)45(43)32-14-5-3-6-15-32)20-13-21-36(34)31-24-26-39-37-18-9-11-22-41(37)46(44(39)29-31)33-16-7-4-8-17-33/h2-29H,1H2. The van der Waals surface area contributed by atoms with Gasteiger partial charge in [-0.2, -0.15) is 0 Å². The average molecular weight is 587 g/mol. The Morgan fingerprint density at radius 3 is 1.48 bits per heavy atom. The Morgan fingerprint density at radius 2 is 0.848 bits per heavy atom. The second kappa shape index (κ2) is 10.5. The maximum Gasteiger partial charge on any atom is 0.0547 e. The number of aromatic nitrogens is 2. The van der Waals surface area contributed by atoms with E-state index in [1.807, 2.05) is 6.08 Å². The summed E-state index contributed by atoms with van der Waals surface area (Å²) in [5, 5.41) is 5.00. The average Bonchev–Trinajstić information content (AvgIpc) is 3.64. The van der Waals surface area contributed by atoms with E-state index in [0.717, 1.165) is 11.3 Å². The first-order valence-electron chi connectivity index (χ1n) is 15.7. The highest BCUT2D eigenvalue weighted by atomic mass is 15.0. The zero-order valence-electron chi connectivity index (χ0n) is 25.3. The third-order valence-electron chi connectivity index (χ3n) is 9.31. The summed E-state index contributed by atoms with van der Waals surface area (Å²) in [7, 11) is 0. The van der Waals surface area contributed by atoms with Crippen LogP contribution in [-0.4, -0.2) is 9.13 Å². The lowest BCUT2D eigenvalue weighted by atomic mass is 9.91. The molecule has 0 spiro atoms. The van der Waals surface area contributed by atoms with Crippen LogP contribution >= 0.6 is 0 Å². The third kappa shape index (κ3) is 3.97. The first kappa shape index (κ1) is 26.3. The minimum atomic E-state index is 1.13. The van der Waals surface area contributed by atoms with E-state index in [4.69, 9.17) is 0 Å². The summed E-state index contributed by atoms with van der Waals surface area (Å²) in [6.07, 6.45) is 2.01. The molecule has 0 aliphatic heterocycles. The fourth-order valence-corrected chi connectivity index (χ4v) is 7.28. The Bertz CT molecular complexity index is 2580. The molecule has 0 amide bonds. The quantitative estimate of drug-likeness (QED) is 0.190. The van der Waals surface area contributed by atoms with Crippen molar-refractivity contribution in [3.63, 3.8) is 0 Å². The van der Waals surface area contributed by atoms with E-state index in [1.165, 1.54) is 71.6 Å². The van der Waals surface area contributed by atoms with Gasteiger partial charge in [-0.1, -0.05) is 122 Å². The molecular formula is C44H30N2. The highest BCUT2D eigenvalue weighted by Crippen LogP contribution is 2.40. The molecule has 0 fully saturated rings. The first-order chi connectivity index (χ1) is 22.8. The molecule has 0 aliphatic carbocycles. The molecule has 0 aliphatic rings. The van der Waals surface area contributed by atoms with Crippen molar-refractivity contribution in [3.05, 3.63) is 176 Å². The van der Waals surface area contributed by atoms with E-state index in [1.54, 1.807) is 0 Å². The van der Waals surface area contributed by atoms with Gasteiger partial charge in [-0.3, -0.25) is 0 Å². The van der Waals surface area contributed by atoms with Crippen molar-refractivity contribution in [3.8, 4) is 33.6 Å². The van der Waals surface area contributed by atoms with Crippen LogP contribution in [0.2, 0.25) is 0 Å². The van der Waals surface area contributed by atoms with Crippen LogP contribution in [0.3, 0.4) is 0 Å². The molecule has 2 heteroatoms. The number of rotatable bonds is 5. The number of para-hydroxylation sites is 4. The number of benzene rings is 7. The van der Waals surface area contributed by atoms with Gasteiger partial charge in [0.25, 0.3) is 0 Å². The lowest BCUT2D eigenvalue weighted by Crippen LogP contribution is -1.94. The van der Waals surface area contributed by atoms with Crippen LogP contribution < -0.4 is 0 Å². The first-order valence-corrected chi connectivity index (χ1v) is 15.7. The number of hydrogen-bond donors (Lipinski definition) is 0. The van der Waals surface area contributed by atoms with E-state index in [-0.39, 0.29) is 0 Å². The van der Waals surface area contributed by atoms with Gasteiger partial charge in [0.05, 0.1) is 22.1 Å². The molecule has 9 aromatic rings. The van der Waals surface area contributed by atoms with E-state index in [9.17, 15) is 0 Å². The van der Waals surface area contributed by atoms with Gasteiger partial charge in [-0.25, -0.2) is 0 Å². The minimum absolute atomic E-state index is 1.13. The van der Waals surface area contributed by atoms with Gasteiger partial charge in [-0.15, -0.1) is 0 Å². The lowest BCUT2D eigenvalue weighted by Gasteiger charge is -2.14. The third-order valence-corrected chi connectivity index (χ3v) is 9.31. The van der Waals surface area contributed by atoms with E-state index < -0.39 is 0 Å². The molecular weight excluding hydrogens is 556 g/mol. The summed E-state index contributed by atoms with van der Waals surface area (Å²) in [5.41, 5.74) is 13.0. The van der Waals surface area contributed by atoms with Crippen LogP contribution in [0.25, 0.3) is 83.3 Å². The minimum Gasteiger partial charge on any atom is -0.309 e. The normalized spacial score (nSPS) is 11.6. The monoisotopic (exact) mass is 586 g/mol. The van der Waals surface area contributed by atoms with Gasteiger partial charge < -0.3 is 9.13 Å². The summed E-state index contributed by atoms with van der Waals surface area (Å²) in [4.78, 5) is 0. The van der Waals surface area contributed by atoms with Crippen molar-refractivity contribution < 1.29 is 0 Å². The Hall–Kier alpha value is -6.12. The Kier molecular flexibility index (Phi) is 6.00. The second-order valence-electron chi connectivity index (χ2n) is 11.8. The SMILES string of the molecule is C=Cc1c(-c2ccc3c(c2)c2ccccc2n3-c2ccccc2)cccc1-c1ccc2c3ccccc3n(-c3ccccc3)c2c1. The van der Waals surface area contributed by atoms with Crippen molar-refractivity contribution in [2.24, 2.45) is 0 Å². The van der Waals surface area contributed by atoms with E-state index in [0.29, 0.717) is 0 Å². The van der Waals surface area contributed by atoms with Crippen LogP contribution in [-0.2, 0) is 0 Å². The fourth-order valence-electron chi connectivity index (χ4n) is 7.28. The largest absolute Gasteiger partial charge is 0.309 e. The molecule has 46 heavy (non-hydrogen) atoms. The smallest absolute Gasteiger partial charge is 0.0547 e. The number of nitrogens with zero attached hydrogens (tertiary/aromatic N) is 2. The fraction of sp³-hybridized carbons (Fsp3) is 0. The van der Waals surface area contributed by atoms with Crippen LogP contribution in [0.1, 0.15) is 5.56 Å². The van der Waals surface area contributed by atoms with Crippen molar-refractivity contribution in [1.82, 2.24) is 9.13 Å². The molecule has 0 bridgehead atoms. The summed E-state index contributed by atoms with van der Waals surface area (Å²) in [6.45, 7) is 4.31. The van der Waals surface area contributed by atoms with Crippen molar-refractivity contribution in [2.45, 2.75) is 0 Å². The van der Waals surface area contributed by atoms with Gasteiger partial charge in [0.2, 0.25) is 0 Å². The lowest BCUT2D eigenvalue weighted by molar-refractivity contribution is 1.18. The summed E-state index contributed by atoms with van der Waals surface area (Å²) in [6, 6.07) is 59.0. The molecule has 0 saturated carbocycles. The maximum atomic E-state index is 4.31. The molecule has 9 rings (SSSR count). The van der Waals surface area contributed by atoms with Crippen LogP contribution in [0.4, 0.5) is 0 Å². The predicted octanol–water partition coefficient (Wildman–Crippen LogP) is 11.9. The van der Waals surface area contributed by atoms with Crippen LogP contribution in [0.15, 0.2) is 170 Å². The van der Waals surface area contributed by atoms with Crippen molar-refractivity contribution in [2.75, 3.05) is 0 Å². The predicted molar refractivity (Wildman–Crippen MR) is 196 cm³/mol. The van der Waals surface area contributed by atoms with E-state index in [2.05, 4.69) is 180 Å². The van der Waals surface area contributed by atoms with Gasteiger partial charge in [0.15, 0.2) is 0 Å². The summed E-state index contributed by atoms with van der Waals surface area (Å²) < 4.78 is 4.74. The van der Waals surface area contributed by atoms with Gasteiger partial charge in [0.1, 0.15) is 0 Å². The maximum absolute atomic E-state index is 4.31. The molecule has 0 saturated heterocycles. The number of fused-ring (bicyclic) bond motifs is 6. The molecule has 2 heterocycles. The zero-order chi connectivity index (χ0) is 30.6. The molecule has 0 unspecified atom stereocenters. The molecule has 0 N–H and O–H groups in total. The van der Waals surface area contributed by atoms with Crippen molar-refractivity contribution >= 4 is 49.7 Å². The summed E-state index contributed by atoms with van der Waals surface area (Å²) >= 11 is 0. The molecule has 2 nitrogen and oxygen atoms in total. The van der Waals surface area contributed by atoms with Gasteiger partial charge >= 0.3 is 0 Å². The Labute approximate surface area is 267 Å². The molecule has 216 valence electrons. The molecule has 0 radical (unpaired) electrons. The Balaban J connectivity index is 1.24. The molecule has 0 atom stereocenters. The zero-order valence-corrected chi connectivity index (χ0v) is 25.3. The molecule has 2 aromatic heterocycles.